The molecule has 0 saturated carbocycles. The maximum Gasteiger partial charge on any atom is 0.244 e. The predicted octanol–water partition coefficient (Wildman–Crippen LogP) is 3.84. The predicted molar refractivity (Wildman–Crippen MR) is 117 cm³/mol. The Morgan fingerprint density at radius 1 is 1.27 bits per heavy atom. The van der Waals surface area contributed by atoms with Crippen molar-refractivity contribution in [2.75, 3.05) is 23.7 Å². The number of hydrogen-bond acceptors (Lipinski definition) is 4. The summed E-state index contributed by atoms with van der Waals surface area (Å²) in [5.74, 6) is -0.419. The molecule has 0 saturated heterocycles. The molecule has 164 valence electrons. The third kappa shape index (κ3) is 5.86. The molecule has 0 heterocycles. The average Bonchev–Trinajstić information content (AvgIpc) is 2.67. The van der Waals surface area contributed by atoms with Gasteiger partial charge in [-0.05, 0) is 55.7 Å². The highest BCUT2D eigenvalue weighted by atomic mass is 35.5. The van der Waals surface area contributed by atoms with Gasteiger partial charge in [0, 0.05) is 0 Å². The van der Waals surface area contributed by atoms with Gasteiger partial charge in [-0.1, -0.05) is 30.7 Å². The molecule has 1 N–H and O–H groups in total. The minimum atomic E-state index is -3.83. The summed E-state index contributed by atoms with van der Waals surface area (Å²) in [6.45, 7) is 6.06. The van der Waals surface area contributed by atoms with E-state index >= 15 is 0 Å². The first-order valence-electron chi connectivity index (χ1n) is 9.47. The Hall–Kier alpha value is -2.32. The molecule has 1 unspecified atom stereocenters. The lowest BCUT2D eigenvalue weighted by Crippen LogP contribution is -2.50. The van der Waals surface area contributed by atoms with E-state index in [2.05, 4.69) is 5.32 Å². The number of anilines is 1. The molecule has 0 aromatic heterocycles. The first-order valence-corrected chi connectivity index (χ1v) is 11.7. The zero-order valence-corrected chi connectivity index (χ0v) is 19.0. The van der Waals surface area contributed by atoms with Crippen LogP contribution in [0, 0.1) is 19.7 Å². The molecule has 1 amide bonds. The first-order chi connectivity index (χ1) is 14.1. The number of nitrogens with one attached hydrogen (secondary N) is 1. The lowest BCUT2D eigenvalue weighted by Gasteiger charge is -2.30. The van der Waals surface area contributed by atoms with Gasteiger partial charge in [-0.3, -0.25) is 9.10 Å². The summed E-state index contributed by atoms with van der Waals surface area (Å²) in [5, 5.41) is 2.49. The second-order valence-corrected chi connectivity index (χ2v) is 9.19. The van der Waals surface area contributed by atoms with Crippen molar-refractivity contribution in [2.24, 2.45) is 0 Å². The van der Waals surface area contributed by atoms with Crippen LogP contribution in [0.25, 0.3) is 0 Å². The van der Waals surface area contributed by atoms with Crippen molar-refractivity contribution >= 4 is 33.2 Å². The Morgan fingerprint density at radius 2 is 1.97 bits per heavy atom. The van der Waals surface area contributed by atoms with Gasteiger partial charge in [0.15, 0.2) is 0 Å². The van der Waals surface area contributed by atoms with E-state index in [1.54, 1.807) is 6.92 Å². The molecule has 0 aliphatic rings. The number of aryl methyl sites for hydroxylation is 1. The Kier molecular flexibility index (Phi) is 8.09. The minimum Gasteiger partial charge on any atom is -0.491 e. The molecule has 0 radical (unpaired) electrons. The number of benzene rings is 2. The minimum absolute atomic E-state index is 0.123. The van der Waals surface area contributed by atoms with Crippen molar-refractivity contribution in [1.82, 2.24) is 5.32 Å². The number of hydrogen-bond donors (Lipinski definition) is 1. The maximum atomic E-state index is 13.5. The van der Waals surface area contributed by atoms with Gasteiger partial charge in [0.05, 0.1) is 23.5 Å². The average molecular weight is 457 g/mol. The van der Waals surface area contributed by atoms with E-state index in [9.17, 15) is 17.6 Å². The van der Waals surface area contributed by atoms with Crippen molar-refractivity contribution in [3.63, 3.8) is 0 Å². The summed E-state index contributed by atoms with van der Waals surface area (Å²) < 4.78 is 45.0. The summed E-state index contributed by atoms with van der Waals surface area (Å²) in [7, 11) is -3.83. The van der Waals surface area contributed by atoms with Gasteiger partial charge < -0.3 is 10.1 Å². The monoisotopic (exact) mass is 456 g/mol. The second-order valence-electron chi connectivity index (χ2n) is 6.92. The SMILES string of the molecule is CCC(C(=O)NCCOc1cccc(C)c1C)N(c1ccc(F)c(Cl)c1)S(C)(=O)=O. The number of nitrogens with zero attached hydrogens (tertiary/aromatic N) is 1. The normalized spacial score (nSPS) is 12.3. The van der Waals surface area contributed by atoms with E-state index < -0.39 is 27.8 Å². The summed E-state index contributed by atoms with van der Waals surface area (Å²) in [6.07, 6.45) is 1.20. The van der Waals surface area contributed by atoms with Crippen molar-refractivity contribution in [3.8, 4) is 5.75 Å². The highest BCUT2D eigenvalue weighted by Gasteiger charge is 2.31. The van der Waals surface area contributed by atoms with Gasteiger partial charge >= 0.3 is 0 Å². The smallest absolute Gasteiger partial charge is 0.244 e. The number of rotatable bonds is 9. The van der Waals surface area contributed by atoms with Crippen LogP contribution in [-0.2, 0) is 14.8 Å². The van der Waals surface area contributed by atoms with Crippen LogP contribution in [0.3, 0.4) is 0 Å². The number of carbonyl (C=O) groups excluding carboxylic acids is 1. The number of amides is 1. The Bertz CT molecular complexity index is 1010. The molecule has 2 aromatic carbocycles. The van der Waals surface area contributed by atoms with Crippen LogP contribution in [0.1, 0.15) is 24.5 Å². The van der Waals surface area contributed by atoms with Gasteiger partial charge in [-0.2, -0.15) is 0 Å². The van der Waals surface area contributed by atoms with Crippen molar-refractivity contribution in [2.45, 2.75) is 33.2 Å². The lowest BCUT2D eigenvalue weighted by molar-refractivity contribution is -0.122. The van der Waals surface area contributed by atoms with Gasteiger partial charge in [-0.25, -0.2) is 12.8 Å². The molecular weight excluding hydrogens is 431 g/mol. The Morgan fingerprint density at radius 3 is 2.57 bits per heavy atom. The summed E-state index contributed by atoms with van der Waals surface area (Å²) in [6, 6.07) is 8.25. The fraction of sp³-hybridized carbons (Fsp3) is 0.381. The van der Waals surface area contributed by atoms with Crippen LogP contribution >= 0.6 is 11.6 Å². The molecule has 0 fully saturated rings. The van der Waals surface area contributed by atoms with Gasteiger partial charge in [0.1, 0.15) is 24.2 Å². The molecule has 30 heavy (non-hydrogen) atoms. The van der Waals surface area contributed by atoms with E-state index in [-0.39, 0.29) is 30.3 Å². The van der Waals surface area contributed by atoms with Crippen molar-refractivity contribution in [1.29, 1.82) is 0 Å². The van der Waals surface area contributed by atoms with E-state index in [1.165, 1.54) is 12.1 Å². The standard InChI is InChI=1S/C21H26ClFN2O4S/c1-5-19(25(30(4,27)28)16-9-10-18(23)17(22)13-16)21(26)24-11-12-29-20-8-6-7-14(2)15(20)3/h6-10,13,19H,5,11-12H2,1-4H3,(H,24,26). The first kappa shape index (κ1) is 24.0. The molecule has 0 spiro atoms. The highest BCUT2D eigenvalue weighted by Crippen LogP contribution is 2.27. The number of ether oxygens (including phenoxy) is 1. The Labute approximate surface area is 182 Å². The van der Waals surface area contributed by atoms with Crippen LogP contribution in [0.15, 0.2) is 36.4 Å². The quantitative estimate of drug-likeness (QED) is 0.582. The van der Waals surface area contributed by atoms with E-state index in [0.717, 1.165) is 33.5 Å². The summed E-state index contributed by atoms with van der Waals surface area (Å²) >= 11 is 5.81. The molecule has 0 bridgehead atoms. The number of sulfonamides is 1. The van der Waals surface area contributed by atoms with Crippen LogP contribution in [-0.4, -0.2) is 39.8 Å². The molecule has 2 aromatic rings. The topological polar surface area (TPSA) is 75.7 Å². The second kappa shape index (κ2) is 10.1. The Balaban J connectivity index is 2.10. The third-order valence-electron chi connectivity index (χ3n) is 4.70. The lowest BCUT2D eigenvalue weighted by atomic mass is 10.1. The van der Waals surface area contributed by atoms with Crippen LogP contribution in [0.4, 0.5) is 10.1 Å². The fourth-order valence-corrected chi connectivity index (χ4v) is 4.39. The number of halogens is 2. The fourth-order valence-electron chi connectivity index (χ4n) is 3.02. The van der Waals surface area contributed by atoms with Crippen LogP contribution < -0.4 is 14.4 Å². The number of carbonyl (C=O) groups is 1. The zero-order chi connectivity index (χ0) is 22.5. The van der Waals surface area contributed by atoms with Crippen molar-refractivity contribution < 1.29 is 22.3 Å². The van der Waals surface area contributed by atoms with E-state index in [1.807, 2.05) is 32.0 Å². The van der Waals surface area contributed by atoms with E-state index in [0.29, 0.717) is 0 Å². The molecule has 2 rings (SSSR count). The van der Waals surface area contributed by atoms with E-state index in [4.69, 9.17) is 16.3 Å². The van der Waals surface area contributed by atoms with Gasteiger partial charge in [0.25, 0.3) is 0 Å². The van der Waals surface area contributed by atoms with Crippen LogP contribution in [0.5, 0.6) is 5.75 Å². The van der Waals surface area contributed by atoms with Gasteiger partial charge in [-0.15, -0.1) is 0 Å². The molecule has 1 atom stereocenters. The molecular formula is C21H26ClFN2O4S. The largest absolute Gasteiger partial charge is 0.491 e. The van der Waals surface area contributed by atoms with Gasteiger partial charge in [0.2, 0.25) is 15.9 Å². The highest BCUT2D eigenvalue weighted by molar-refractivity contribution is 7.92. The third-order valence-corrected chi connectivity index (χ3v) is 6.17. The van der Waals surface area contributed by atoms with Crippen LogP contribution in [0.2, 0.25) is 5.02 Å². The summed E-state index contributed by atoms with van der Waals surface area (Å²) in [4.78, 5) is 12.7. The molecule has 9 heteroatoms. The zero-order valence-electron chi connectivity index (χ0n) is 17.4. The molecule has 6 nitrogen and oxygen atoms in total. The summed E-state index contributed by atoms with van der Waals surface area (Å²) in [5.41, 5.74) is 2.24. The van der Waals surface area contributed by atoms with Crippen molar-refractivity contribution in [3.05, 3.63) is 58.4 Å². The molecule has 0 aliphatic carbocycles. The maximum absolute atomic E-state index is 13.5. The molecule has 0 aliphatic heterocycles.